The van der Waals surface area contributed by atoms with E-state index in [1.165, 1.54) is 37.8 Å². The van der Waals surface area contributed by atoms with Gasteiger partial charge in [0.2, 0.25) is 11.8 Å². The second-order valence-corrected chi connectivity index (χ2v) is 8.04. The topological polar surface area (TPSA) is 45.7 Å². The van der Waals surface area contributed by atoms with Crippen molar-refractivity contribution in [3.63, 3.8) is 0 Å². The van der Waals surface area contributed by atoms with Gasteiger partial charge in [-0.25, -0.2) is 4.98 Å². The minimum absolute atomic E-state index is 0.252. The summed E-state index contributed by atoms with van der Waals surface area (Å²) in [6, 6.07) is 5.21. The summed E-state index contributed by atoms with van der Waals surface area (Å²) in [6.07, 6.45) is 9.36. The zero-order valence-corrected chi connectivity index (χ0v) is 14.8. The number of aromatic nitrogens is 1. The predicted octanol–water partition coefficient (Wildman–Crippen LogP) is 2.70. The standard InChI is InChI=1S/C20H27N3O2/c24-20-8-6-18-16-5-7-19(21-17(16)10-12-23(18)20)25-15-9-11-22(13-15)14-3-1-2-4-14/h5,7,14-15,18H,1-4,6,8-13H2. The third kappa shape index (κ3) is 2.82. The van der Waals surface area contributed by atoms with Gasteiger partial charge in [-0.2, -0.15) is 0 Å². The molecule has 1 amide bonds. The molecule has 5 rings (SSSR count). The van der Waals surface area contributed by atoms with E-state index in [1.54, 1.807) is 0 Å². The number of hydrogen-bond donors (Lipinski definition) is 0. The Morgan fingerprint density at radius 3 is 2.80 bits per heavy atom. The number of fused-ring (bicyclic) bond motifs is 3. The van der Waals surface area contributed by atoms with E-state index in [1.807, 2.05) is 11.0 Å². The molecule has 134 valence electrons. The van der Waals surface area contributed by atoms with Crippen LogP contribution in [0.3, 0.4) is 0 Å². The summed E-state index contributed by atoms with van der Waals surface area (Å²) in [5, 5.41) is 0. The van der Waals surface area contributed by atoms with Crippen molar-refractivity contribution in [3.05, 3.63) is 23.4 Å². The van der Waals surface area contributed by atoms with Crippen LogP contribution in [0.15, 0.2) is 12.1 Å². The molecule has 25 heavy (non-hydrogen) atoms. The van der Waals surface area contributed by atoms with Crippen LogP contribution in [-0.2, 0) is 11.2 Å². The minimum atomic E-state index is 0.252. The summed E-state index contributed by atoms with van der Waals surface area (Å²) in [5.74, 6) is 1.07. The molecule has 5 nitrogen and oxygen atoms in total. The van der Waals surface area contributed by atoms with Crippen molar-refractivity contribution < 1.29 is 9.53 Å². The molecule has 5 heteroatoms. The van der Waals surface area contributed by atoms with Crippen LogP contribution in [0.2, 0.25) is 0 Å². The van der Waals surface area contributed by atoms with Crippen LogP contribution in [0.25, 0.3) is 0 Å². The van der Waals surface area contributed by atoms with Crippen LogP contribution < -0.4 is 4.74 Å². The third-order valence-electron chi connectivity index (χ3n) is 6.57. The molecule has 4 aliphatic rings. The van der Waals surface area contributed by atoms with Crippen molar-refractivity contribution in [2.45, 2.75) is 69.6 Å². The molecule has 0 radical (unpaired) electrons. The van der Waals surface area contributed by atoms with Gasteiger partial charge in [0.05, 0.1) is 11.7 Å². The Morgan fingerprint density at radius 2 is 1.92 bits per heavy atom. The quantitative estimate of drug-likeness (QED) is 0.848. The van der Waals surface area contributed by atoms with E-state index < -0.39 is 0 Å². The highest BCUT2D eigenvalue weighted by Gasteiger charge is 2.37. The fourth-order valence-corrected chi connectivity index (χ4v) is 5.25. The van der Waals surface area contributed by atoms with E-state index in [2.05, 4.69) is 11.0 Å². The molecule has 1 saturated carbocycles. The number of rotatable bonds is 3. The van der Waals surface area contributed by atoms with Crippen molar-refractivity contribution in [1.82, 2.24) is 14.8 Å². The molecule has 1 aromatic heterocycles. The fourth-order valence-electron chi connectivity index (χ4n) is 5.25. The Bertz CT molecular complexity index is 671. The van der Waals surface area contributed by atoms with Crippen molar-refractivity contribution in [3.8, 4) is 5.88 Å². The molecule has 1 aromatic rings. The van der Waals surface area contributed by atoms with Crippen molar-refractivity contribution in [2.75, 3.05) is 19.6 Å². The zero-order chi connectivity index (χ0) is 16.8. The Morgan fingerprint density at radius 1 is 1.04 bits per heavy atom. The van der Waals surface area contributed by atoms with Crippen LogP contribution in [-0.4, -0.2) is 52.5 Å². The van der Waals surface area contributed by atoms with E-state index in [4.69, 9.17) is 9.72 Å². The van der Waals surface area contributed by atoms with Gasteiger partial charge in [-0.1, -0.05) is 12.8 Å². The van der Waals surface area contributed by atoms with Crippen molar-refractivity contribution >= 4 is 5.91 Å². The van der Waals surface area contributed by atoms with Crippen molar-refractivity contribution in [1.29, 1.82) is 0 Å². The van der Waals surface area contributed by atoms with E-state index in [0.717, 1.165) is 50.0 Å². The van der Waals surface area contributed by atoms with Gasteiger partial charge in [0.15, 0.2) is 0 Å². The molecule has 2 unspecified atom stereocenters. The van der Waals surface area contributed by atoms with Gasteiger partial charge < -0.3 is 9.64 Å². The number of carbonyl (C=O) groups is 1. The lowest BCUT2D eigenvalue weighted by Crippen LogP contribution is -2.35. The summed E-state index contributed by atoms with van der Waals surface area (Å²) in [5.41, 5.74) is 2.38. The highest BCUT2D eigenvalue weighted by molar-refractivity contribution is 5.79. The SMILES string of the molecule is O=C1CCC2c3ccc(OC4CCN(C5CCCC5)C4)nc3CCN12. The second-order valence-electron chi connectivity index (χ2n) is 8.04. The van der Waals surface area contributed by atoms with E-state index in [9.17, 15) is 4.79 Å². The lowest BCUT2D eigenvalue weighted by Gasteiger charge is -2.31. The number of ether oxygens (including phenoxy) is 1. The molecule has 0 bridgehead atoms. The van der Waals surface area contributed by atoms with Crippen LogP contribution in [0, 0.1) is 0 Å². The van der Waals surface area contributed by atoms with Gasteiger partial charge in [-0.15, -0.1) is 0 Å². The molecular formula is C20H27N3O2. The summed E-state index contributed by atoms with van der Waals surface area (Å²) < 4.78 is 6.23. The lowest BCUT2D eigenvalue weighted by molar-refractivity contribution is -0.129. The normalized spacial score (nSPS) is 29.9. The molecule has 0 N–H and O–H groups in total. The van der Waals surface area contributed by atoms with Gasteiger partial charge in [0.1, 0.15) is 6.10 Å². The van der Waals surface area contributed by atoms with E-state index in [0.29, 0.717) is 12.3 Å². The van der Waals surface area contributed by atoms with Crippen LogP contribution >= 0.6 is 0 Å². The van der Waals surface area contributed by atoms with Gasteiger partial charge in [0.25, 0.3) is 0 Å². The van der Waals surface area contributed by atoms with Gasteiger partial charge >= 0.3 is 0 Å². The number of amides is 1. The monoisotopic (exact) mass is 341 g/mol. The highest BCUT2D eigenvalue weighted by Crippen LogP contribution is 2.38. The Hall–Kier alpha value is -1.62. The Labute approximate surface area is 149 Å². The first kappa shape index (κ1) is 15.6. The largest absolute Gasteiger partial charge is 0.473 e. The number of likely N-dealkylation sites (tertiary alicyclic amines) is 1. The summed E-state index contributed by atoms with van der Waals surface area (Å²) in [6.45, 7) is 3.03. The molecule has 3 fully saturated rings. The molecule has 4 heterocycles. The molecule has 0 spiro atoms. The first-order chi connectivity index (χ1) is 12.3. The number of hydrogen-bond acceptors (Lipinski definition) is 4. The maximum absolute atomic E-state index is 11.9. The fraction of sp³-hybridized carbons (Fsp3) is 0.700. The van der Waals surface area contributed by atoms with Gasteiger partial charge in [0, 0.05) is 44.6 Å². The first-order valence-electron chi connectivity index (χ1n) is 9.98. The average Bonchev–Trinajstić information content (AvgIpc) is 3.35. The third-order valence-corrected chi connectivity index (χ3v) is 6.57. The second kappa shape index (κ2) is 6.27. The van der Waals surface area contributed by atoms with Crippen LogP contribution in [0.5, 0.6) is 5.88 Å². The van der Waals surface area contributed by atoms with Crippen LogP contribution in [0.1, 0.15) is 62.2 Å². The average molecular weight is 341 g/mol. The highest BCUT2D eigenvalue weighted by atomic mass is 16.5. The summed E-state index contributed by atoms with van der Waals surface area (Å²) in [7, 11) is 0. The summed E-state index contributed by atoms with van der Waals surface area (Å²) in [4.78, 5) is 21.4. The molecular weight excluding hydrogens is 314 g/mol. The molecule has 2 atom stereocenters. The maximum atomic E-state index is 11.9. The zero-order valence-electron chi connectivity index (χ0n) is 14.8. The lowest BCUT2D eigenvalue weighted by atomic mass is 9.97. The number of pyridine rings is 1. The smallest absolute Gasteiger partial charge is 0.223 e. The molecule has 0 aromatic carbocycles. The summed E-state index contributed by atoms with van der Waals surface area (Å²) >= 11 is 0. The van der Waals surface area contributed by atoms with E-state index in [-0.39, 0.29) is 12.1 Å². The van der Waals surface area contributed by atoms with Crippen molar-refractivity contribution in [2.24, 2.45) is 0 Å². The predicted molar refractivity (Wildman–Crippen MR) is 94.5 cm³/mol. The Kier molecular flexibility index (Phi) is 3.92. The minimum Gasteiger partial charge on any atom is -0.473 e. The first-order valence-corrected chi connectivity index (χ1v) is 9.98. The molecule has 1 aliphatic carbocycles. The maximum Gasteiger partial charge on any atom is 0.223 e. The molecule has 2 saturated heterocycles. The molecule has 3 aliphatic heterocycles. The number of carbonyl (C=O) groups excluding carboxylic acids is 1. The van der Waals surface area contributed by atoms with Crippen LogP contribution in [0.4, 0.5) is 0 Å². The Balaban J connectivity index is 1.26. The van der Waals surface area contributed by atoms with Gasteiger partial charge in [-0.05, 0) is 37.3 Å². The number of nitrogens with zero attached hydrogens (tertiary/aromatic N) is 3. The van der Waals surface area contributed by atoms with Gasteiger partial charge in [-0.3, -0.25) is 9.69 Å². The van der Waals surface area contributed by atoms with E-state index >= 15 is 0 Å².